The zero-order chi connectivity index (χ0) is 5.91. The zero-order valence-corrected chi connectivity index (χ0v) is 4.69. The second-order valence-electron chi connectivity index (χ2n) is 2.14. The van der Waals surface area contributed by atoms with Gasteiger partial charge in [-0.1, -0.05) is 0 Å². The van der Waals surface area contributed by atoms with E-state index >= 15 is 0 Å². The fourth-order valence-electron chi connectivity index (χ4n) is 0.246. The van der Waals surface area contributed by atoms with Crippen molar-refractivity contribution in [2.45, 2.75) is 25.9 Å². The van der Waals surface area contributed by atoms with E-state index in [4.69, 9.17) is 6.42 Å². The van der Waals surface area contributed by atoms with Crippen LogP contribution < -0.4 is 0 Å². The molecule has 0 unspecified atom stereocenters. The fraction of sp³-hybridized carbons (Fsp3) is 0.667. The van der Waals surface area contributed by atoms with E-state index in [9.17, 15) is 5.11 Å². The molecule has 0 aliphatic carbocycles. The van der Waals surface area contributed by atoms with Crippen LogP contribution in [0, 0.1) is 12.3 Å². The lowest BCUT2D eigenvalue weighted by Crippen LogP contribution is -2.14. The highest BCUT2D eigenvalue weighted by atomic mass is 16.3. The molecular formula is C6H9O. The quantitative estimate of drug-likeness (QED) is 0.438. The van der Waals surface area contributed by atoms with Gasteiger partial charge in [-0.2, -0.15) is 0 Å². The largest absolute Gasteiger partial charge is 0.229 e. The highest BCUT2D eigenvalue weighted by molar-refractivity contribution is 4.90. The maximum absolute atomic E-state index is 10.6. The number of terminal acetylenes is 1. The van der Waals surface area contributed by atoms with Crippen LogP contribution in [0.25, 0.3) is 0 Å². The van der Waals surface area contributed by atoms with Crippen LogP contribution in [-0.4, -0.2) is 5.60 Å². The van der Waals surface area contributed by atoms with Crippen LogP contribution in [0.4, 0.5) is 0 Å². The second kappa shape index (κ2) is 1.99. The van der Waals surface area contributed by atoms with E-state index in [2.05, 4.69) is 5.92 Å². The van der Waals surface area contributed by atoms with Crippen LogP contribution in [0.3, 0.4) is 0 Å². The van der Waals surface area contributed by atoms with Crippen molar-refractivity contribution in [1.29, 1.82) is 0 Å². The van der Waals surface area contributed by atoms with Crippen molar-refractivity contribution in [3.63, 3.8) is 0 Å². The Kier molecular flexibility index (Phi) is 1.86. The third-order valence-corrected chi connectivity index (χ3v) is 0.528. The molecule has 7 heavy (non-hydrogen) atoms. The first-order valence-electron chi connectivity index (χ1n) is 2.20. The Morgan fingerprint density at radius 1 is 1.71 bits per heavy atom. The van der Waals surface area contributed by atoms with Crippen LogP contribution in [0.5, 0.6) is 0 Å². The molecule has 39 valence electrons. The van der Waals surface area contributed by atoms with Gasteiger partial charge in [0, 0.05) is 6.42 Å². The molecule has 0 fully saturated rings. The Morgan fingerprint density at radius 2 is 2.14 bits per heavy atom. The molecule has 0 heterocycles. The molecule has 0 aromatic carbocycles. The van der Waals surface area contributed by atoms with E-state index in [1.54, 1.807) is 13.8 Å². The first kappa shape index (κ1) is 6.52. The van der Waals surface area contributed by atoms with E-state index in [1.165, 1.54) is 0 Å². The molecule has 1 radical (unpaired) electrons. The predicted octanol–water partition coefficient (Wildman–Crippen LogP) is 1.22. The van der Waals surface area contributed by atoms with Gasteiger partial charge in [0.1, 0.15) is 5.60 Å². The van der Waals surface area contributed by atoms with Crippen molar-refractivity contribution >= 4 is 0 Å². The topological polar surface area (TPSA) is 19.9 Å². The Bertz CT molecular complexity index is 81.3. The van der Waals surface area contributed by atoms with E-state index in [0.717, 1.165) is 0 Å². The van der Waals surface area contributed by atoms with Gasteiger partial charge in [-0.3, -0.25) is 0 Å². The molecule has 0 aliphatic rings. The van der Waals surface area contributed by atoms with Crippen molar-refractivity contribution in [1.82, 2.24) is 0 Å². The molecule has 0 aromatic heterocycles. The highest BCUT2D eigenvalue weighted by Crippen LogP contribution is 2.05. The Labute approximate surface area is 44.4 Å². The summed E-state index contributed by atoms with van der Waals surface area (Å²) >= 11 is 0. The normalized spacial score (nSPS) is 10.6. The number of rotatable bonds is 1. The molecule has 0 N–H and O–H groups in total. The minimum Gasteiger partial charge on any atom is -0.229 e. The van der Waals surface area contributed by atoms with Gasteiger partial charge < -0.3 is 0 Å². The van der Waals surface area contributed by atoms with Crippen LogP contribution >= 0.6 is 0 Å². The van der Waals surface area contributed by atoms with Crippen molar-refractivity contribution in [3.8, 4) is 12.3 Å². The monoisotopic (exact) mass is 97.1 g/mol. The van der Waals surface area contributed by atoms with Crippen molar-refractivity contribution in [2.24, 2.45) is 0 Å². The summed E-state index contributed by atoms with van der Waals surface area (Å²) in [4.78, 5) is 0. The lowest BCUT2D eigenvalue weighted by atomic mass is 10.1. The number of hydrogen-bond donors (Lipinski definition) is 0. The van der Waals surface area contributed by atoms with E-state index in [0.29, 0.717) is 6.42 Å². The minimum absolute atomic E-state index is 0.312. The van der Waals surface area contributed by atoms with E-state index < -0.39 is 5.60 Å². The van der Waals surface area contributed by atoms with Gasteiger partial charge in [0.05, 0.1) is 0 Å². The van der Waals surface area contributed by atoms with Gasteiger partial charge in [0.25, 0.3) is 0 Å². The predicted molar refractivity (Wildman–Crippen MR) is 28.2 cm³/mol. The van der Waals surface area contributed by atoms with Crippen molar-refractivity contribution < 1.29 is 5.11 Å². The molecule has 0 rings (SSSR count). The SMILES string of the molecule is C#CCC(C)(C)[O]. The third-order valence-electron chi connectivity index (χ3n) is 0.528. The van der Waals surface area contributed by atoms with Crippen molar-refractivity contribution in [2.75, 3.05) is 0 Å². The summed E-state index contributed by atoms with van der Waals surface area (Å²) in [7, 11) is 0. The molecule has 0 aliphatic heterocycles. The third kappa shape index (κ3) is 5.52. The number of hydrogen-bond acceptors (Lipinski definition) is 0. The van der Waals surface area contributed by atoms with Crippen LogP contribution in [0.2, 0.25) is 0 Å². The van der Waals surface area contributed by atoms with Crippen molar-refractivity contribution in [3.05, 3.63) is 0 Å². The Balaban J connectivity index is 3.40. The molecular weight excluding hydrogens is 88.1 g/mol. The van der Waals surface area contributed by atoms with E-state index in [1.807, 2.05) is 0 Å². The molecule has 0 saturated carbocycles. The van der Waals surface area contributed by atoms with Crippen LogP contribution in [0.15, 0.2) is 0 Å². The van der Waals surface area contributed by atoms with Crippen LogP contribution in [0.1, 0.15) is 20.3 Å². The first-order valence-corrected chi connectivity index (χ1v) is 2.20. The molecule has 0 amide bonds. The first-order chi connectivity index (χ1) is 3.06. The molecule has 0 bridgehead atoms. The van der Waals surface area contributed by atoms with Gasteiger partial charge in [-0.25, -0.2) is 5.11 Å². The second-order valence-corrected chi connectivity index (χ2v) is 2.14. The summed E-state index contributed by atoms with van der Waals surface area (Å²) in [5.74, 6) is 2.30. The summed E-state index contributed by atoms with van der Waals surface area (Å²) < 4.78 is 0. The summed E-state index contributed by atoms with van der Waals surface area (Å²) in [6.45, 7) is 3.15. The standard InChI is InChI=1S/C6H9O/c1-4-5-6(2,3)7/h1H,5H2,2-3H3. The molecule has 0 aromatic rings. The Hall–Kier alpha value is -0.480. The molecule has 0 atom stereocenters. The maximum atomic E-state index is 10.6. The summed E-state index contributed by atoms with van der Waals surface area (Å²) in [5, 5.41) is 10.6. The van der Waals surface area contributed by atoms with E-state index in [-0.39, 0.29) is 0 Å². The molecule has 0 saturated heterocycles. The Morgan fingerprint density at radius 3 is 2.14 bits per heavy atom. The molecule has 1 heteroatoms. The summed E-state index contributed by atoms with van der Waals surface area (Å²) in [6, 6.07) is 0. The minimum atomic E-state index is -0.936. The smallest absolute Gasteiger partial charge is 0.109 e. The van der Waals surface area contributed by atoms with Gasteiger partial charge >= 0.3 is 0 Å². The molecule has 1 nitrogen and oxygen atoms in total. The average Bonchev–Trinajstić information content (AvgIpc) is 1.30. The van der Waals surface area contributed by atoms with Gasteiger partial charge in [0.15, 0.2) is 0 Å². The highest BCUT2D eigenvalue weighted by Gasteiger charge is 2.11. The lowest BCUT2D eigenvalue weighted by molar-refractivity contribution is 0.00905. The van der Waals surface area contributed by atoms with Crippen LogP contribution in [-0.2, 0) is 5.11 Å². The molecule has 0 spiro atoms. The summed E-state index contributed by atoms with van der Waals surface area (Å²) in [6.07, 6.45) is 5.18. The fourth-order valence-corrected chi connectivity index (χ4v) is 0.246. The van der Waals surface area contributed by atoms with Gasteiger partial charge in [-0.05, 0) is 13.8 Å². The maximum Gasteiger partial charge on any atom is 0.109 e. The lowest BCUT2D eigenvalue weighted by Gasteiger charge is -2.06. The van der Waals surface area contributed by atoms with Gasteiger partial charge in [-0.15, -0.1) is 12.3 Å². The van der Waals surface area contributed by atoms with Gasteiger partial charge in [0.2, 0.25) is 0 Å². The average molecular weight is 97.1 g/mol. The zero-order valence-electron chi connectivity index (χ0n) is 4.69. The summed E-state index contributed by atoms with van der Waals surface area (Å²) in [5.41, 5.74) is -0.936.